The lowest BCUT2D eigenvalue weighted by molar-refractivity contribution is 0.438. The van der Waals surface area contributed by atoms with Gasteiger partial charge in [0.15, 0.2) is 0 Å². The van der Waals surface area contributed by atoms with E-state index in [1.807, 2.05) is 6.07 Å². The van der Waals surface area contributed by atoms with E-state index in [-0.39, 0.29) is 6.04 Å². The Morgan fingerprint density at radius 3 is 2.53 bits per heavy atom. The first-order valence-corrected chi connectivity index (χ1v) is 5.71. The lowest BCUT2D eigenvalue weighted by atomic mass is 9.97. The normalized spacial score (nSPS) is 13.2. The number of benzene rings is 1. The third-order valence-corrected chi connectivity index (χ3v) is 2.82. The molecule has 0 aromatic heterocycles. The molecule has 1 aromatic carbocycles. The van der Waals surface area contributed by atoms with E-state index in [4.69, 9.17) is 29.0 Å². The molecule has 0 aliphatic heterocycles. The van der Waals surface area contributed by atoms with Gasteiger partial charge in [0.2, 0.25) is 0 Å². The van der Waals surface area contributed by atoms with Crippen LogP contribution in [0.3, 0.4) is 0 Å². The Labute approximate surface area is 101 Å². The van der Waals surface area contributed by atoms with Crippen LogP contribution in [-0.2, 0) is 0 Å². The van der Waals surface area contributed by atoms with Crippen molar-refractivity contribution in [1.82, 2.24) is 5.43 Å². The summed E-state index contributed by atoms with van der Waals surface area (Å²) in [4.78, 5) is 0. The third kappa shape index (κ3) is 3.65. The van der Waals surface area contributed by atoms with E-state index in [1.165, 1.54) is 0 Å². The fraction of sp³-hybridized carbons (Fsp3) is 0.455. The molecule has 0 aliphatic carbocycles. The zero-order valence-electron chi connectivity index (χ0n) is 8.93. The summed E-state index contributed by atoms with van der Waals surface area (Å²) in [6.45, 7) is 4.28. The second-order valence-corrected chi connectivity index (χ2v) is 4.86. The van der Waals surface area contributed by atoms with E-state index in [2.05, 4.69) is 19.3 Å². The Kier molecular flexibility index (Phi) is 4.87. The average molecular weight is 247 g/mol. The van der Waals surface area contributed by atoms with Crippen LogP contribution < -0.4 is 11.3 Å². The van der Waals surface area contributed by atoms with E-state index >= 15 is 0 Å². The highest BCUT2D eigenvalue weighted by Crippen LogP contribution is 2.29. The SMILES string of the molecule is CC(C)CC(NN)c1cc(Cl)ccc1Cl. The maximum atomic E-state index is 6.10. The van der Waals surface area contributed by atoms with E-state index in [0.717, 1.165) is 12.0 Å². The summed E-state index contributed by atoms with van der Waals surface area (Å²) in [6.07, 6.45) is 0.927. The first-order chi connectivity index (χ1) is 7.04. The number of halogens is 2. The van der Waals surface area contributed by atoms with Crippen molar-refractivity contribution in [2.75, 3.05) is 0 Å². The number of nitrogens with two attached hydrogens (primary N) is 1. The molecule has 0 saturated heterocycles. The summed E-state index contributed by atoms with van der Waals surface area (Å²) in [5, 5.41) is 1.38. The van der Waals surface area contributed by atoms with Gasteiger partial charge in [-0.3, -0.25) is 11.3 Å². The third-order valence-electron chi connectivity index (χ3n) is 2.24. The first-order valence-electron chi connectivity index (χ1n) is 4.95. The molecule has 15 heavy (non-hydrogen) atoms. The zero-order chi connectivity index (χ0) is 11.4. The van der Waals surface area contributed by atoms with Crippen LogP contribution in [0, 0.1) is 5.92 Å². The minimum Gasteiger partial charge on any atom is -0.271 e. The van der Waals surface area contributed by atoms with E-state index in [0.29, 0.717) is 16.0 Å². The molecule has 0 amide bonds. The van der Waals surface area contributed by atoms with Crippen molar-refractivity contribution in [3.63, 3.8) is 0 Å². The topological polar surface area (TPSA) is 38.0 Å². The molecular weight excluding hydrogens is 231 g/mol. The van der Waals surface area contributed by atoms with Gasteiger partial charge in [0.25, 0.3) is 0 Å². The van der Waals surface area contributed by atoms with Gasteiger partial charge in [0.05, 0.1) is 0 Å². The maximum absolute atomic E-state index is 6.10. The lowest BCUT2D eigenvalue weighted by Crippen LogP contribution is -2.29. The lowest BCUT2D eigenvalue weighted by Gasteiger charge is -2.19. The summed E-state index contributed by atoms with van der Waals surface area (Å²) in [5.74, 6) is 6.06. The van der Waals surface area contributed by atoms with E-state index < -0.39 is 0 Å². The highest BCUT2D eigenvalue weighted by molar-refractivity contribution is 6.33. The van der Waals surface area contributed by atoms with Gasteiger partial charge in [-0.2, -0.15) is 0 Å². The minimum absolute atomic E-state index is 0.0520. The monoisotopic (exact) mass is 246 g/mol. The summed E-state index contributed by atoms with van der Waals surface area (Å²) < 4.78 is 0. The molecule has 0 saturated carbocycles. The quantitative estimate of drug-likeness (QED) is 0.630. The largest absolute Gasteiger partial charge is 0.271 e. The Bertz CT molecular complexity index is 326. The van der Waals surface area contributed by atoms with Crippen LogP contribution in [0.25, 0.3) is 0 Å². The van der Waals surface area contributed by atoms with Gasteiger partial charge < -0.3 is 0 Å². The van der Waals surface area contributed by atoms with Crippen molar-refractivity contribution in [3.8, 4) is 0 Å². The molecule has 0 fully saturated rings. The molecule has 3 N–H and O–H groups in total. The Morgan fingerprint density at radius 1 is 1.33 bits per heavy atom. The predicted octanol–water partition coefficient (Wildman–Crippen LogP) is 3.54. The van der Waals surface area contributed by atoms with Crippen molar-refractivity contribution < 1.29 is 0 Å². The fourth-order valence-electron chi connectivity index (χ4n) is 1.54. The molecule has 1 unspecified atom stereocenters. The molecule has 1 aromatic rings. The van der Waals surface area contributed by atoms with Gasteiger partial charge in [0, 0.05) is 16.1 Å². The van der Waals surface area contributed by atoms with E-state index in [1.54, 1.807) is 12.1 Å². The highest BCUT2D eigenvalue weighted by atomic mass is 35.5. The van der Waals surface area contributed by atoms with Crippen molar-refractivity contribution in [3.05, 3.63) is 33.8 Å². The number of rotatable bonds is 4. The predicted molar refractivity (Wildman–Crippen MR) is 66.0 cm³/mol. The Hall–Kier alpha value is -0.280. The van der Waals surface area contributed by atoms with Gasteiger partial charge in [-0.25, -0.2) is 0 Å². The molecule has 84 valence electrons. The second kappa shape index (κ2) is 5.71. The van der Waals surface area contributed by atoms with Gasteiger partial charge in [0.1, 0.15) is 0 Å². The number of nitrogens with one attached hydrogen (secondary N) is 1. The Morgan fingerprint density at radius 2 is 2.00 bits per heavy atom. The summed E-state index contributed by atoms with van der Waals surface area (Å²) in [5.41, 5.74) is 3.73. The zero-order valence-corrected chi connectivity index (χ0v) is 10.4. The first kappa shape index (κ1) is 12.8. The van der Waals surface area contributed by atoms with Crippen molar-refractivity contribution >= 4 is 23.2 Å². The molecule has 0 aliphatic rings. The van der Waals surface area contributed by atoms with Gasteiger partial charge in [-0.15, -0.1) is 0 Å². The van der Waals surface area contributed by atoms with Crippen LogP contribution in [0.1, 0.15) is 31.9 Å². The fourth-order valence-corrected chi connectivity index (χ4v) is 1.97. The molecule has 2 nitrogen and oxygen atoms in total. The number of hydrogen-bond acceptors (Lipinski definition) is 2. The van der Waals surface area contributed by atoms with Gasteiger partial charge in [-0.1, -0.05) is 37.0 Å². The van der Waals surface area contributed by atoms with Crippen molar-refractivity contribution in [2.45, 2.75) is 26.3 Å². The average Bonchev–Trinajstić information content (AvgIpc) is 2.18. The smallest absolute Gasteiger partial charge is 0.0477 e. The summed E-state index contributed by atoms with van der Waals surface area (Å²) in [7, 11) is 0. The van der Waals surface area contributed by atoms with Gasteiger partial charge >= 0.3 is 0 Å². The van der Waals surface area contributed by atoms with Crippen LogP contribution in [0.15, 0.2) is 18.2 Å². The summed E-state index contributed by atoms with van der Waals surface area (Å²) in [6, 6.07) is 5.48. The minimum atomic E-state index is 0.0520. The molecule has 1 atom stereocenters. The highest BCUT2D eigenvalue weighted by Gasteiger charge is 2.15. The number of hydrogen-bond donors (Lipinski definition) is 2. The standard InChI is InChI=1S/C11H16Cl2N2/c1-7(2)5-11(15-14)9-6-8(12)3-4-10(9)13/h3-4,6-7,11,15H,5,14H2,1-2H3. The molecule has 0 radical (unpaired) electrons. The molecular formula is C11H16Cl2N2. The van der Waals surface area contributed by atoms with E-state index in [9.17, 15) is 0 Å². The number of hydrazine groups is 1. The molecule has 4 heteroatoms. The maximum Gasteiger partial charge on any atom is 0.0477 e. The van der Waals surface area contributed by atoms with Crippen LogP contribution in [0.5, 0.6) is 0 Å². The second-order valence-electron chi connectivity index (χ2n) is 4.01. The molecule has 0 spiro atoms. The van der Waals surface area contributed by atoms with Crippen LogP contribution >= 0.6 is 23.2 Å². The van der Waals surface area contributed by atoms with Crippen LogP contribution in [0.2, 0.25) is 10.0 Å². The molecule has 0 bridgehead atoms. The van der Waals surface area contributed by atoms with Crippen LogP contribution in [0.4, 0.5) is 0 Å². The van der Waals surface area contributed by atoms with Crippen LogP contribution in [-0.4, -0.2) is 0 Å². The Balaban J connectivity index is 2.95. The molecule has 0 heterocycles. The molecule has 1 rings (SSSR count). The summed E-state index contributed by atoms with van der Waals surface area (Å²) >= 11 is 12.0. The van der Waals surface area contributed by atoms with Crippen molar-refractivity contribution in [2.24, 2.45) is 11.8 Å². The van der Waals surface area contributed by atoms with Crippen molar-refractivity contribution in [1.29, 1.82) is 0 Å². The van der Waals surface area contributed by atoms with Gasteiger partial charge in [-0.05, 0) is 36.1 Å².